The van der Waals surface area contributed by atoms with Crippen LogP contribution in [-0.4, -0.2) is 21.1 Å². The van der Waals surface area contributed by atoms with Crippen molar-refractivity contribution in [1.82, 2.24) is 14.8 Å². The third kappa shape index (κ3) is 1.52. The van der Waals surface area contributed by atoms with Crippen LogP contribution in [0.2, 0.25) is 5.02 Å². The average Bonchev–Trinajstić information content (AvgIpc) is 2.67. The molecular formula is C9H6ClN3O. The summed E-state index contributed by atoms with van der Waals surface area (Å²) in [6, 6.07) is 3.45. The largest absolute Gasteiger partial charge is 0.298 e. The van der Waals surface area contributed by atoms with Gasteiger partial charge in [0.15, 0.2) is 12.1 Å². The van der Waals surface area contributed by atoms with Crippen molar-refractivity contribution in [2.24, 2.45) is 0 Å². The monoisotopic (exact) mass is 207 g/mol. The van der Waals surface area contributed by atoms with Crippen LogP contribution in [0.25, 0.3) is 5.82 Å². The second kappa shape index (κ2) is 3.59. The number of rotatable bonds is 2. The summed E-state index contributed by atoms with van der Waals surface area (Å²) in [4.78, 5) is 14.5. The number of halogens is 1. The Morgan fingerprint density at radius 3 is 3.00 bits per heavy atom. The summed E-state index contributed by atoms with van der Waals surface area (Å²) in [7, 11) is 0. The minimum atomic E-state index is 0.492. The fourth-order valence-electron chi connectivity index (χ4n) is 1.06. The Balaban J connectivity index is 2.49. The molecule has 2 aromatic heterocycles. The van der Waals surface area contributed by atoms with Crippen LogP contribution in [0.15, 0.2) is 30.7 Å². The van der Waals surface area contributed by atoms with Crippen LogP contribution in [0.5, 0.6) is 0 Å². The Labute approximate surface area is 85.1 Å². The van der Waals surface area contributed by atoms with Gasteiger partial charge in [-0.05, 0) is 12.1 Å². The average molecular weight is 208 g/mol. The number of carbonyl (C=O) groups is 1. The lowest BCUT2D eigenvalue weighted by Gasteiger charge is -2.00. The minimum absolute atomic E-state index is 0.492. The molecule has 70 valence electrons. The van der Waals surface area contributed by atoms with E-state index < -0.39 is 0 Å². The topological polar surface area (TPSA) is 47.8 Å². The summed E-state index contributed by atoms with van der Waals surface area (Å²) in [6.07, 6.45) is 5.36. The van der Waals surface area contributed by atoms with E-state index in [1.165, 1.54) is 10.9 Å². The van der Waals surface area contributed by atoms with E-state index in [1.807, 2.05) is 0 Å². The third-order valence-electron chi connectivity index (χ3n) is 1.69. The number of pyridine rings is 1. The zero-order valence-corrected chi connectivity index (χ0v) is 7.85. The molecule has 0 amide bonds. The number of nitrogens with zero attached hydrogens (tertiary/aromatic N) is 3. The Bertz CT molecular complexity index is 467. The predicted octanol–water partition coefficient (Wildman–Crippen LogP) is 1.73. The summed E-state index contributed by atoms with van der Waals surface area (Å²) in [5.74, 6) is 0.516. The van der Waals surface area contributed by atoms with Crippen molar-refractivity contribution in [3.8, 4) is 5.82 Å². The van der Waals surface area contributed by atoms with E-state index in [1.54, 1.807) is 24.5 Å². The van der Waals surface area contributed by atoms with Gasteiger partial charge in [0.1, 0.15) is 0 Å². The molecule has 0 N–H and O–H groups in total. The molecule has 0 bridgehead atoms. The number of hydrogen-bond acceptors (Lipinski definition) is 3. The van der Waals surface area contributed by atoms with E-state index in [0.29, 0.717) is 16.4 Å². The van der Waals surface area contributed by atoms with Gasteiger partial charge in [-0.25, -0.2) is 9.67 Å². The van der Waals surface area contributed by atoms with Gasteiger partial charge in [-0.1, -0.05) is 11.6 Å². The first kappa shape index (κ1) is 8.90. The fraction of sp³-hybridized carbons (Fsp3) is 0. The van der Waals surface area contributed by atoms with Gasteiger partial charge in [0.2, 0.25) is 0 Å². The number of aromatic nitrogens is 3. The lowest BCUT2D eigenvalue weighted by molar-refractivity contribution is 0.112. The molecule has 2 rings (SSSR count). The van der Waals surface area contributed by atoms with Crippen molar-refractivity contribution >= 4 is 17.9 Å². The molecule has 0 aliphatic rings. The summed E-state index contributed by atoms with van der Waals surface area (Å²) in [5.41, 5.74) is 0.492. The molecule has 0 fully saturated rings. The normalized spacial score (nSPS) is 10.1. The van der Waals surface area contributed by atoms with Gasteiger partial charge in [-0.3, -0.25) is 4.79 Å². The van der Waals surface area contributed by atoms with Crippen LogP contribution in [0, 0.1) is 0 Å². The van der Waals surface area contributed by atoms with E-state index in [0.717, 1.165) is 6.29 Å². The zero-order valence-electron chi connectivity index (χ0n) is 7.09. The van der Waals surface area contributed by atoms with Crippen LogP contribution in [0.3, 0.4) is 0 Å². The van der Waals surface area contributed by atoms with E-state index in [4.69, 9.17) is 11.6 Å². The van der Waals surface area contributed by atoms with E-state index in [-0.39, 0.29) is 0 Å². The quantitative estimate of drug-likeness (QED) is 0.705. The van der Waals surface area contributed by atoms with E-state index >= 15 is 0 Å². The molecule has 0 radical (unpaired) electrons. The first-order valence-corrected chi connectivity index (χ1v) is 4.30. The Morgan fingerprint density at radius 2 is 2.36 bits per heavy atom. The van der Waals surface area contributed by atoms with Crippen LogP contribution >= 0.6 is 11.6 Å². The van der Waals surface area contributed by atoms with Gasteiger partial charge in [0, 0.05) is 12.4 Å². The molecule has 2 aromatic rings. The maximum Gasteiger partial charge on any atom is 0.172 e. The van der Waals surface area contributed by atoms with E-state index in [9.17, 15) is 4.79 Å². The smallest absolute Gasteiger partial charge is 0.172 e. The van der Waals surface area contributed by atoms with Crippen molar-refractivity contribution < 1.29 is 4.79 Å². The van der Waals surface area contributed by atoms with Crippen molar-refractivity contribution in [2.75, 3.05) is 0 Å². The van der Waals surface area contributed by atoms with Crippen molar-refractivity contribution in [2.45, 2.75) is 0 Å². The molecule has 5 heteroatoms. The third-order valence-corrected chi connectivity index (χ3v) is 1.99. The minimum Gasteiger partial charge on any atom is -0.298 e. The van der Waals surface area contributed by atoms with Gasteiger partial charge < -0.3 is 0 Å². The molecule has 0 saturated carbocycles. The second-order valence-electron chi connectivity index (χ2n) is 2.64. The lowest BCUT2D eigenvalue weighted by atomic mass is 10.4. The summed E-state index contributed by atoms with van der Waals surface area (Å²) in [5, 5.41) is 4.45. The first-order chi connectivity index (χ1) is 6.81. The molecule has 0 aliphatic heterocycles. The maximum absolute atomic E-state index is 10.4. The highest BCUT2D eigenvalue weighted by molar-refractivity contribution is 6.32. The molecule has 14 heavy (non-hydrogen) atoms. The standard InChI is InChI=1S/C9H6ClN3O/c10-8-2-1-3-11-9(8)13-5-7(6-14)4-12-13/h1-6H. The molecule has 0 aromatic carbocycles. The maximum atomic E-state index is 10.4. The fourth-order valence-corrected chi connectivity index (χ4v) is 1.27. The highest BCUT2D eigenvalue weighted by Gasteiger charge is 2.04. The van der Waals surface area contributed by atoms with Gasteiger partial charge in [-0.15, -0.1) is 0 Å². The Hall–Kier alpha value is -1.68. The van der Waals surface area contributed by atoms with Crippen molar-refractivity contribution in [1.29, 1.82) is 0 Å². The Morgan fingerprint density at radius 1 is 1.50 bits per heavy atom. The van der Waals surface area contributed by atoms with Gasteiger partial charge in [0.05, 0.1) is 16.8 Å². The molecule has 0 aliphatic carbocycles. The molecule has 0 saturated heterocycles. The number of aldehydes is 1. The van der Waals surface area contributed by atoms with Gasteiger partial charge in [-0.2, -0.15) is 5.10 Å². The molecule has 0 atom stereocenters. The summed E-state index contributed by atoms with van der Waals surface area (Å²) in [6.45, 7) is 0. The van der Waals surface area contributed by atoms with Crippen LogP contribution in [0.1, 0.15) is 10.4 Å². The highest BCUT2D eigenvalue weighted by Crippen LogP contribution is 2.15. The van der Waals surface area contributed by atoms with E-state index in [2.05, 4.69) is 10.1 Å². The van der Waals surface area contributed by atoms with Crippen LogP contribution < -0.4 is 0 Å². The molecule has 0 unspecified atom stereocenters. The first-order valence-electron chi connectivity index (χ1n) is 3.92. The zero-order chi connectivity index (χ0) is 9.97. The highest BCUT2D eigenvalue weighted by atomic mass is 35.5. The SMILES string of the molecule is O=Cc1cnn(-c2ncccc2Cl)c1. The number of carbonyl (C=O) groups excluding carboxylic acids is 1. The van der Waals surface area contributed by atoms with Gasteiger partial charge >= 0.3 is 0 Å². The molecule has 2 heterocycles. The molecule has 4 nitrogen and oxygen atoms in total. The molecule has 0 spiro atoms. The number of hydrogen-bond donors (Lipinski definition) is 0. The Kier molecular flexibility index (Phi) is 2.28. The van der Waals surface area contributed by atoms with Crippen molar-refractivity contribution in [3.05, 3.63) is 41.3 Å². The van der Waals surface area contributed by atoms with Crippen LogP contribution in [0.4, 0.5) is 0 Å². The lowest BCUT2D eigenvalue weighted by Crippen LogP contribution is -1.97. The van der Waals surface area contributed by atoms with Crippen LogP contribution in [-0.2, 0) is 0 Å². The predicted molar refractivity (Wildman–Crippen MR) is 51.8 cm³/mol. The van der Waals surface area contributed by atoms with Crippen molar-refractivity contribution in [3.63, 3.8) is 0 Å². The van der Waals surface area contributed by atoms with Gasteiger partial charge in [0.25, 0.3) is 0 Å². The second-order valence-corrected chi connectivity index (χ2v) is 3.05. The summed E-state index contributed by atoms with van der Waals surface area (Å²) < 4.78 is 1.46. The molecular weight excluding hydrogens is 202 g/mol. The summed E-state index contributed by atoms with van der Waals surface area (Å²) >= 11 is 5.90.